The highest BCUT2D eigenvalue weighted by Crippen LogP contribution is 2.29. The van der Waals surface area contributed by atoms with Gasteiger partial charge in [-0.25, -0.2) is 8.42 Å². The maximum absolute atomic E-state index is 12.7. The Morgan fingerprint density at radius 3 is 2.48 bits per heavy atom. The molecular formula is C19H21NO4S. The van der Waals surface area contributed by atoms with Crippen LogP contribution in [0.2, 0.25) is 0 Å². The van der Waals surface area contributed by atoms with Crippen LogP contribution in [0.3, 0.4) is 0 Å². The number of hydrogen-bond acceptors (Lipinski definition) is 4. The van der Waals surface area contributed by atoms with E-state index in [4.69, 9.17) is 0 Å². The van der Waals surface area contributed by atoms with Crippen molar-refractivity contribution in [3.05, 3.63) is 65.7 Å². The van der Waals surface area contributed by atoms with E-state index in [1.54, 1.807) is 17.0 Å². The number of amides is 1. The van der Waals surface area contributed by atoms with Gasteiger partial charge in [0.15, 0.2) is 9.84 Å². The summed E-state index contributed by atoms with van der Waals surface area (Å²) < 4.78 is 23.3. The van der Waals surface area contributed by atoms with E-state index in [2.05, 4.69) is 0 Å². The van der Waals surface area contributed by atoms with Gasteiger partial charge >= 0.3 is 0 Å². The second-order valence-corrected chi connectivity index (χ2v) is 8.44. The van der Waals surface area contributed by atoms with Crippen LogP contribution >= 0.6 is 0 Å². The molecular weight excluding hydrogens is 338 g/mol. The highest BCUT2D eigenvalue weighted by molar-refractivity contribution is 7.90. The van der Waals surface area contributed by atoms with Gasteiger partial charge in [-0.05, 0) is 30.2 Å². The number of nitrogens with zero attached hydrogens (tertiary/aromatic N) is 1. The first kappa shape index (κ1) is 17.6. The van der Waals surface area contributed by atoms with Gasteiger partial charge in [-0.3, -0.25) is 4.79 Å². The number of likely N-dealkylation sites (tertiary alicyclic amines) is 1. The highest BCUT2D eigenvalue weighted by atomic mass is 32.2. The number of aliphatic hydroxyl groups excluding tert-OH is 1. The summed E-state index contributed by atoms with van der Waals surface area (Å²) in [6, 6.07) is 15.8. The third kappa shape index (κ3) is 3.91. The van der Waals surface area contributed by atoms with Crippen LogP contribution < -0.4 is 0 Å². The molecule has 0 aromatic heterocycles. The Labute approximate surface area is 147 Å². The van der Waals surface area contributed by atoms with Crippen LogP contribution in [-0.4, -0.2) is 49.8 Å². The summed E-state index contributed by atoms with van der Waals surface area (Å²) in [6.45, 7) is 0.764. The number of carbonyl (C=O) groups is 1. The summed E-state index contributed by atoms with van der Waals surface area (Å²) in [4.78, 5) is 14.4. The van der Waals surface area contributed by atoms with Crippen molar-refractivity contribution in [2.75, 3.05) is 19.3 Å². The number of hydrogen-bond donors (Lipinski definition) is 1. The lowest BCUT2D eigenvalue weighted by Crippen LogP contribution is -2.45. The quantitative estimate of drug-likeness (QED) is 0.910. The van der Waals surface area contributed by atoms with Crippen molar-refractivity contribution in [2.45, 2.75) is 23.3 Å². The van der Waals surface area contributed by atoms with Crippen molar-refractivity contribution in [1.82, 2.24) is 4.90 Å². The molecule has 0 aliphatic carbocycles. The minimum atomic E-state index is -3.37. The Morgan fingerprint density at radius 2 is 1.84 bits per heavy atom. The molecule has 5 nitrogen and oxygen atoms in total. The first-order chi connectivity index (χ1) is 11.9. The first-order valence-corrected chi connectivity index (χ1v) is 10.1. The summed E-state index contributed by atoms with van der Waals surface area (Å²) in [5.74, 6) is -0.247. The molecule has 1 saturated heterocycles. The molecule has 2 atom stereocenters. The molecule has 1 fully saturated rings. The number of sulfone groups is 1. The number of aliphatic hydroxyl groups is 1. The van der Waals surface area contributed by atoms with Gasteiger partial charge in [-0.15, -0.1) is 0 Å². The topological polar surface area (TPSA) is 74.7 Å². The SMILES string of the molecule is CS(=O)(=O)c1cccc(C(=O)N2CC[C@@H](c3ccccc3)[C@H](O)C2)c1. The molecule has 1 aliphatic rings. The van der Waals surface area contributed by atoms with E-state index in [0.717, 1.165) is 11.8 Å². The molecule has 0 saturated carbocycles. The molecule has 6 heteroatoms. The zero-order chi connectivity index (χ0) is 18.0. The molecule has 0 radical (unpaired) electrons. The zero-order valence-corrected chi connectivity index (χ0v) is 14.8. The van der Waals surface area contributed by atoms with E-state index in [0.29, 0.717) is 18.5 Å². The number of piperidine rings is 1. The van der Waals surface area contributed by atoms with Crippen molar-refractivity contribution in [2.24, 2.45) is 0 Å². The van der Waals surface area contributed by atoms with Gasteiger partial charge in [-0.1, -0.05) is 36.4 Å². The maximum Gasteiger partial charge on any atom is 0.253 e. The van der Waals surface area contributed by atoms with E-state index in [9.17, 15) is 18.3 Å². The molecule has 0 unspecified atom stereocenters. The molecule has 1 aliphatic heterocycles. The Hall–Kier alpha value is -2.18. The van der Waals surface area contributed by atoms with E-state index >= 15 is 0 Å². The third-order valence-electron chi connectivity index (χ3n) is 4.61. The van der Waals surface area contributed by atoms with Crippen LogP contribution in [0, 0.1) is 0 Å². The minimum absolute atomic E-state index is 0.00704. The number of rotatable bonds is 3. The summed E-state index contributed by atoms with van der Waals surface area (Å²) in [7, 11) is -3.37. The Kier molecular flexibility index (Phi) is 4.92. The molecule has 2 aromatic rings. The van der Waals surface area contributed by atoms with Gasteiger partial charge in [-0.2, -0.15) is 0 Å². The monoisotopic (exact) mass is 359 g/mol. The molecule has 25 heavy (non-hydrogen) atoms. The average Bonchev–Trinajstić information content (AvgIpc) is 2.61. The van der Waals surface area contributed by atoms with E-state index in [-0.39, 0.29) is 23.3 Å². The Morgan fingerprint density at radius 1 is 1.12 bits per heavy atom. The van der Waals surface area contributed by atoms with E-state index in [1.807, 2.05) is 30.3 Å². The fourth-order valence-corrected chi connectivity index (χ4v) is 3.91. The van der Waals surface area contributed by atoms with Crippen molar-refractivity contribution in [3.63, 3.8) is 0 Å². The molecule has 1 N–H and O–H groups in total. The second-order valence-electron chi connectivity index (χ2n) is 6.42. The Bertz CT molecular complexity index is 864. The third-order valence-corrected chi connectivity index (χ3v) is 5.72. The fraction of sp³-hybridized carbons (Fsp3) is 0.316. The predicted octanol–water partition coefficient (Wildman–Crippen LogP) is 2.08. The van der Waals surface area contributed by atoms with Gasteiger partial charge in [0.25, 0.3) is 5.91 Å². The summed E-state index contributed by atoms with van der Waals surface area (Å²) >= 11 is 0. The standard InChI is InChI=1S/C19H21NO4S/c1-25(23,24)16-9-5-8-15(12-16)19(22)20-11-10-17(18(21)13-20)14-6-3-2-4-7-14/h2-9,12,17-18,21H,10-11,13H2,1H3/t17-,18+/m0/s1. The van der Waals surface area contributed by atoms with Crippen LogP contribution in [0.4, 0.5) is 0 Å². The van der Waals surface area contributed by atoms with Crippen LogP contribution in [0.15, 0.2) is 59.5 Å². The van der Waals surface area contributed by atoms with Crippen LogP contribution in [0.1, 0.15) is 28.3 Å². The predicted molar refractivity (Wildman–Crippen MR) is 95.3 cm³/mol. The summed E-state index contributed by atoms with van der Waals surface area (Å²) in [5, 5.41) is 10.5. The molecule has 0 spiro atoms. The van der Waals surface area contributed by atoms with Crippen LogP contribution in [0.25, 0.3) is 0 Å². The second kappa shape index (κ2) is 6.98. The van der Waals surface area contributed by atoms with Crippen molar-refractivity contribution in [1.29, 1.82) is 0 Å². The summed E-state index contributed by atoms with van der Waals surface area (Å²) in [5.41, 5.74) is 1.40. The lowest BCUT2D eigenvalue weighted by Gasteiger charge is -2.36. The maximum atomic E-state index is 12.7. The van der Waals surface area contributed by atoms with E-state index in [1.165, 1.54) is 12.1 Å². The number of β-amino-alcohol motifs (C(OH)–C–C–N with tert-alkyl or cyclic N) is 1. The molecule has 0 bridgehead atoms. The van der Waals surface area contributed by atoms with Crippen LogP contribution in [-0.2, 0) is 9.84 Å². The summed E-state index contributed by atoms with van der Waals surface area (Å²) in [6.07, 6.45) is 1.15. The van der Waals surface area contributed by atoms with Gasteiger partial charge in [0.1, 0.15) is 0 Å². The Balaban J connectivity index is 1.75. The van der Waals surface area contributed by atoms with Gasteiger partial charge in [0, 0.05) is 30.8 Å². The number of benzene rings is 2. The first-order valence-electron chi connectivity index (χ1n) is 8.18. The molecule has 132 valence electrons. The average molecular weight is 359 g/mol. The fourth-order valence-electron chi connectivity index (χ4n) is 3.25. The van der Waals surface area contributed by atoms with Crippen molar-refractivity contribution < 1.29 is 18.3 Å². The largest absolute Gasteiger partial charge is 0.391 e. The van der Waals surface area contributed by atoms with Gasteiger partial charge in [0.05, 0.1) is 11.0 Å². The van der Waals surface area contributed by atoms with Crippen molar-refractivity contribution in [3.8, 4) is 0 Å². The molecule has 1 amide bonds. The molecule has 1 heterocycles. The minimum Gasteiger partial charge on any atom is -0.391 e. The molecule has 3 rings (SSSR count). The molecule has 2 aromatic carbocycles. The lowest BCUT2D eigenvalue weighted by molar-refractivity contribution is 0.0382. The normalized spacial score (nSPS) is 21.1. The lowest BCUT2D eigenvalue weighted by atomic mass is 9.87. The van der Waals surface area contributed by atoms with E-state index < -0.39 is 15.9 Å². The zero-order valence-electron chi connectivity index (χ0n) is 14.0. The number of carbonyl (C=O) groups excluding carboxylic acids is 1. The van der Waals surface area contributed by atoms with Gasteiger partial charge < -0.3 is 10.0 Å². The van der Waals surface area contributed by atoms with Gasteiger partial charge in [0.2, 0.25) is 0 Å². The smallest absolute Gasteiger partial charge is 0.253 e. The van der Waals surface area contributed by atoms with Crippen molar-refractivity contribution >= 4 is 15.7 Å². The van der Waals surface area contributed by atoms with Crippen LogP contribution in [0.5, 0.6) is 0 Å². The highest BCUT2D eigenvalue weighted by Gasteiger charge is 2.31.